The fourth-order valence-corrected chi connectivity index (χ4v) is 1.63. The van der Waals surface area contributed by atoms with Gasteiger partial charge in [0.2, 0.25) is 0 Å². The van der Waals surface area contributed by atoms with E-state index < -0.39 is 19.7 Å². The Labute approximate surface area is 138 Å². The molecule has 2 aromatic rings. The normalized spacial score (nSPS) is 9.48. The maximum absolute atomic E-state index is 10.4. The highest BCUT2D eigenvalue weighted by Crippen LogP contribution is 2.23. The third-order valence-corrected chi connectivity index (χ3v) is 2.85. The highest BCUT2D eigenvalue weighted by molar-refractivity contribution is 5.48. The molecule has 2 rings (SSSR count). The molecule has 0 fully saturated rings. The van der Waals surface area contributed by atoms with Crippen molar-refractivity contribution < 1.29 is 19.7 Å². The predicted molar refractivity (Wildman–Crippen MR) is 84.2 cm³/mol. The number of benzene rings is 2. The Morgan fingerprint density at radius 1 is 0.640 bits per heavy atom. The number of aryl methyl sites for hydroxylation is 1. The summed E-state index contributed by atoms with van der Waals surface area (Å²) < 4.78 is 0. The molecular formula is C13H10N4O8. The van der Waals surface area contributed by atoms with Crippen LogP contribution in [0.1, 0.15) is 5.56 Å². The van der Waals surface area contributed by atoms with Crippen LogP contribution in [-0.2, 0) is 0 Å². The number of non-ortho nitro benzene ring substituents is 3. The minimum Gasteiger partial charge on any atom is -0.258 e. The number of hydrogen-bond acceptors (Lipinski definition) is 8. The van der Waals surface area contributed by atoms with Gasteiger partial charge in [0.15, 0.2) is 0 Å². The lowest BCUT2D eigenvalue weighted by Crippen LogP contribution is -1.94. The van der Waals surface area contributed by atoms with E-state index in [1.807, 2.05) is 0 Å². The standard InChI is InChI=1S/C7H6N2O4.C6H4N2O4/c1-5-2-3-6(8(10)11)4-7(5)9(12)13;9-7(10)5-2-1-3-6(4-5)8(11)12/h2-4H,1H3;1-4H. The van der Waals surface area contributed by atoms with E-state index in [0.717, 1.165) is 12.1 Å². The molecule has 0 aliphatic carbocycles. The van der Waals surface area contributed by atoms with Gasteiger partial charge in [-0.3, -0.25) is 40.5 Å². The summed E-state index contributed by atoms with van der Waals surface area (Å²) in [5.41, 5.74) is -0.629. The molecule has 0 bridgehead atoms. The summed E-state index contributed by atoms with van der Waals surface area (Å²) in [5.74, 6) is 0. The quantitative estimate of drug-likeness (QED) is 0.596. The first-order chi connectivity index (χ1) is 11.6. The van der Waals surface area contributed by atoms with Gasteiger partial charge in [-0.05, 0) is 19.1 Å². The van der Waals surface area contributed by atoms with Crippen LogP contribution >= 0.6 is 0 Å². The van der Waals surface area contributed by atoms with E-state index in [9.17, 15) is 40.5 Å². The predicted octanol–water partition coefficient (Wildman–Crippen LogP) is 3.31. The summed E-state index contributed by atoms with van der Waals surface area (Å²) in [7, 11) is 0. The van der Waals surface area contributed by atoms with Crippen molar-refractivity contribution in [3.63, 3.8) is 0 Å². The minimum atomic E-state index is -0.674. The maximum atomic E-state index is 10.4. The van der Waals surface area contributed by atoms with Crippen LogP contribution in [-0.4, -0.2) is 19.7 Å². The molecule has 0 N–H and O–H groups in total. The van der Waals surface area contributed by atoms with Gasteiger partial charge in [0.05, 0.1) is 31.8 Å². The van der Waals surface area contributed by atoms with Crippen LogP contribution in [0.2, 0.25) is 0 Å². The van der Waals surface area contributed by atoms with E-state index in [1.165, 1.54) is 37.3 Å². The molecule has 0 atom stereocenters. The zero-order chi connectivity index (χ0) is 19.1. The van der Waals surface area contributed by atoms with Crippen LogP contribution in [0.4, 0.5) is 22.7 Å². The van der Waals surface area contributed by atoms with Gasteiger partial charge in [-0.2, -0.15) is 0 Å². The van der Waals surface area contributed by atoms with Crippen molar-refractivity contribution in [2.45, 2.75) is 6.92 Å². The lowest BCUT2D eigenvalue weighted by atomic mass is 10.2. The van der Waals surface area contributed by atoms with Crippen LogP contribution in [0, 0.1) is 47.4 Å². The first-order valence-electron chi connectivity index (χ1n) is 6.41. The molecule has 0 saturated heterocycles. The molecule has 12 nitrogen and oxygen atoms in total. The zero-order valence-corrected chi connectivity index (χ0v) is 12.6. The molecule has 2 aromatic carbocycles. The summed E-state index contributed by atoms with van der Waals surface area (Å²) in [6.07, 6.45) is 0. The highest BCUT2D eigenvalue weighted by atomic mass is 16.6. The number of nitro groups is 4. The Hall–Kier alpha value is -3.96. The first kappa shape index (κ1) is 19.1. The number of hydrogen-bond donors (Lipinski definition) is 0. The summed E-state index contributed by atoms with van der Waals surface area (Å²) >= 11 is 0. The van der Waals surface area contributed by atoms with Crippen molar-refractivity contribution in [2.24, 2.45) is 0 Å². The second kappa shape index (κ2) is 8.05. The molecule has 0 unspecified atom stereocenters. The number of nitro benzene ring substituents is 4. The molecule has 130 valence electrons. The van der Waals surface area contributed by atoms with Gasteiger partial charge < -0.3 is 0 Å². The minimum absolute atomic E-state index is 0.228. The van der Waals surface area contributed by atoms with E-state index in [2.05, 4.69) is 0 Å². The van der Waals surface area contributed by atoms with Gasteiger partial charge in [-0.1, -0.05) is 0 Å². The van der Waals surface area contributed by atoms with Crippen LogP contribution in [0.25, 0.3) is 0 Å². The van der Waals surface area contributed by atoms with Gasteiger partial charge in [-0.25, -0.2) is 0 Å². The van der Waals surface area contributed by atoms with Crippen molar-refractivity contribution in [3.8, 4) is 0 Å². The van der Waals surface area contributed by atoms with Gasteiger partial charge >= 0.3 is 0 Å². The highest BCUT2D eigenvalue weighted by Gasteiger charge is 2.16. The van der Waals surface area contributed by atoms with Crippen LogP contribution in [0.3, 0.4) is 0 Å². The van der Waals surface area contributed by atoms with Crippen molar-refractivity contribution in [1.29, 1.82) is 0 Å². The Kier molecular flexibility index (Phi) is 6.15. The summed E-state index contributed by atoms with van der Waals surface area (Å²) in [5, 5.41) is 41.0. The molecule has 0 aliphatic rings. The van der Waals surface area contributed by atoms with Crippen molar-refractivity contribution >= 4 is 22.7 Å². The fourth-order valence-electron chi connectivity index (χ4n) is 1.63. The number of nitrogens with zero attached hydrogens (tertiary/aromatic N) is 4. The smallest absolute Gasteiger partial charge is 0.258 e. The molecule has 0 spiro atoms. The summed E-state index contributed by atoms with van der Waals surface area (Å²) in [6, 6.07) is 8.14. The molecule has 25 heavy (non-hydrogen) atoms. The van der Waals surface area contributed by atoms with Gasteiger partial charge in [0.1, 0.15) is 0 Å². The second-order valence-corrected chi connectivity index (χ2v) is 4.52. The van der Waals surface area contributed by atoms with Crippen LogP contribution in [0.5, 0.6) is 0 Å². The van der Waals surface area contributed by atoms with E-state index in [0.29, 0.717) is 5.56 Å². The fraction of sp³-hybridized carbons (Fsp3) is 0.0769. The lowest BCUT2D eigenvalue weighted by Gasteiger charge is -1.95. The Morgan fingerprint density at radius 3 is 1.48 bits per heavy atom. The van der Waals surface area contributed by atoms with E-state index in [4.69, 9.17) is 0 Å². The third-order valence-electron chi connectivity index (χ3n) is 2.85. The Morgan fingerprint density at radius 2 is 1.08 bits per heavy atom. The molecule has 0 amide bonds. The van der Waals surface area contributed by atoms with Gasteiger partial charge in [0, 0.05) is 23.8 Å². The van der Waals surface area contributed by atoms with Gasteiger partial charge in [0.25, 0.3) is 22.7 Å². The molecule has 0 saturated carbocycles. The van der Waals surface area contributed by atoms with Crippen molar-refractivity contribution in [3.05, 3.63) is 88.5 Å². The Bertz CT molecular complexity index is 822. The van der Waals surface area contributed by atoms with Crippen molar-refractivity contribution in [2.75, 3.05) is 0 Å². The topological polar surface area (TPSA) is 173 Å². The summed E-state index contributed by atoms with van der Waals surface area (Å²) in [4.78, 5) is 38.3. The zero-order valence-electron chi connectivity index (χ0n) is 12.6. The molecule has 12 heteroatoms. The molecular weight excluding hydrogens is 340 g/mol. The van der Waals surface area contributed by atoms with Crippen LogP contribution in [0.15, 0.2) is 42.5 Å². The maximum Gasteiger partial charge on any atom is 0.279 e. The van der Waals surface area contributed by atoms with Gasteiger partial charge in [-0.15, -0.1) is 0 Å². The summed E-state index contributed by atoms with van der Waals surface area (Å²) in [6.45, 7) is 1.53. The lowest BCUT2D eigenvalue weighted by molar-refractivity contribution is -0.394. The second-order valence-electron chi connectivity index (χ2n) is 4.52. The van der Waals surface area contributed by atoms with E-state index >= 15 is 0 Å². The Balaban J connectivity index is 0.000000251. The molecule has 0 aromatic heterocycles. The largest absolute Gasteiger partial charge is 0.279 e. The average molecular weight is 350 g/mol. The van der Waals surface area contributed by atoms with Crippen molar-refractivity contribution in [1.82, 2.24) is 0 Å². The SMILES string of the molecule is Cc1ccc([N+](=O)[O-])cc1[N+](=O)[O-].O=[N+]([O-])c1cccc([N+](=O)[O-])c1. The van der Waals surface area contributed by atoms with E-state index in [1.54, 1.807) is 0 Å². The third kappa shape index (κ3) is 5.31. The molecule has 0 heterocycles. The van der Waals surface area contributed by atoms with Crippen LogP contribution < -0.4 is 0 Å². The number of rotatable bonds is 4. The monoisotopic (exact) mass is 350 g/mol. The van der Waals surface area contributed by atoms with E-state index in [-0.39, 0.29) is 22.7 Å². The molecule has 0 aliphatic heterocycles. The first-order valence-corrected chi connectivity index (χ1v) is 6.41. The average Bonchev–Trinajstić information content (AvgIpc) is 2.55. The molecule has 0 radical (unpaired) electrons.